The van der Waals surface area contributed by atoms with E-state index in [0.29, 0.717) is 38.5 Å². The van der Waals surface area contributed by atoms with Crippen LogP contribution >= 0.6 is 22.6 Å². The Kier molecular flexibility index (Phi) is 7.91. The molecule has 4 amide bonds. The molecule has 190 valence electrons. The summed E-state index contributed by atoms with van der Waals surface area (Å²) in [4.78, 5) is 39.4. The number of ether oxygens (including phenoxy) is 2. The van der Waals surface area contributed by atoms with Crippen LogP contribution in [0, 0.1) is 23.2 Å². The molecule has 37 heavy (non-hydrogen) atoms. The number of hydrogen-bond acceptors (Lipinski definition) is 5. The van der Waals surface area contributed by atoms with Crippen LogP contribution in [0.2, 0.25) is 0 Å². The molecule has 0 bridgehead atoms. The van der Waals surface area contributed by atoms with Gasteiger partial charge in [-0.3, -0.25) is 14.9 Å². The third kappa shape index (κ3) is 5.66. The van der Waals surface area contributed by atoms with Gasteiger partial charge in [0.05, 0.1) is 15.9 Å². The third-order valence-corrected chi connectivity index (χ3v) is 6.62. The van der Waals surface area contributed by atoms with Gasteiger partial charge < -0.3 is 9.47 Å². The van der Waals surface area contributed by atoms with Crippen LogP contribution in [0.5, 0.6) is 11.5 Å². The molecule has 0 radical (unpaired) electrons. The van der Waals surface area contributed by atoms with Crippen molar-refractivity contribution in [2.24, 2.45) is 0 Å². The molecule has 1 aliphatic heterocycles. The summed E-state index contributed by atoms with van der Waals surface area (Å²) in [6.07, 6.45) is 1.41. The van der Waals surface area contributed by atoms with Crippen molar-refractivity contribution in [3.05, 3.63) is 91.8 Å². The number of imide groups is 2. The number of benzene rings is 3. The summed E-state index contributed by atoms with van der Waals surface area (Å²) >= 11 is 2.05. The maximum absolute atomic E-state index is 14.0. The predicted molar refractivity (Wildman–Crippen MR) is 146 cm³/mol. The van der Waals surface area contributed by atoms with E-state index in [9.17, 15) is 18.8 Å². The smallest absolute Gasteiger partial charge is 0.335 e. The molecule has 3 aromatic rings. The Hall–Kier alpha value is -3.73. The van der Waals surface area contributed by atoms with E-state index >= 15 is 0 Å². The molecule has 0 aliphatic carbocycles. The topological polar surface area (TPSA) is 84.9 Å². The molecule has 1 aliphatic rings. The molecule has 1 saturated heterocycles. The van der Waals surface area contributed by atoms with Gasteiger partial charge in [0.25, 0.3) is 11.8 Å². The second kappa shape index (κ2) is 11.1. The van der Waals surface area contributed by atoms with E-state index in [1.165, 1.54) is 12.1 Å². The van der Waals surface area contributed by atoms with Crippen molar-refractivity contribution in [1.82, 2.24) is 5.32 Å². The first-order chi connectivity index (χ1) is 17.7. The summed E-state index contributed by atoms with van der Waals surface area (Å²) in [7, 11) is 0. The minimum absolute atomic E-state index is 0.00286. The SMILES string of the molecule is CCOc1cc(/C=C2\C(=O)NC(=O)N(c3ccc(C)c(C)c3)C2=O)cc(I)c1OCc1ccccc1F. The summed E-state index contributed by atoms with van der Waals surface area (Å²) in [6, 6.07) is 14.0. The van der Waals surface area contributed by atoms with Crippen LogP contribution in [0.1, 0.15) is 29.2 Å². The molecular formula is C28H24FIN2O5. The van der Waals surface area contributed by atoms with Gasteiger partial charge in [0.15, 0.2) is 11.5 Å². The summed E-state index contributed by atoms with van der Waals surface area (Å²) in [5.41, 5.74) is 2.98. The zero-order valence-electron chi connectivity index (χ0n) is 20.4. The third-order valence-electron chi connectivity index (χ3n) is 5.82. The van der Waals surface area contributed by atoms with Crippen LogP contribution in [0.4, 0.5) is 14.9 Å². The van der Waals surface area contributed by atoms with Crippen LogP contribution in [0.15, 0.2) is 60.2 Å². The van der Waals surface area contributed by atoms with Gasteiger partial charge in [-0.25, -0.2) is 14.1 Å². The standard InChI is InChI=1S/C28H24FIN2O5/c1-4-36-24-14-18(13-23(30)25(24)37-15-19-7-5-6-8-22(19)29)12-21-26(33)31-28(35)32(27(21)34)20-10-9-16(2)17(3)11-20/h5-14H,4,15H2,1-3H3,(H,31,33,35)/b21-12+. The second-order valence-corrected chi connectivity index (χ2v) is 9.53. The predicted octanol–water partition coefficient (Wildman–Crippen LogP) is 5.69. The van der Waals surface area contributed by atoms with Gasteiger partial charge in [-0.05, 0) is 96.5 Å². The number of rotatable bonds is 7. The van der Waals surface area contributed by atoms with Gasteiger partial charge in [-0.1, -0.05) is 24.3 Å². The zero-order chi connectivity index (χ0) is 26.7. The quantitative estimate of drug-likeness (QED) is 0.210. The Balaban J connectivity index is 1.67. The highest BCUT2D eigenvalue weighted by Gasteiger charge is 2.37. The molecule has 1 N–H and O–H groups in total. The highest BCUT2D eigenvalue weighted by atomic mass is 127. The van der Waals surface area contributed by atoms with Crippen molar-refractivity contribution in [3.8, 4) is 11.5 Å². The molecule has 0 spiro atoms. The number of urea groups is 1. The Morgan fingerprint density at radius 1 is 1.00 bits per heavy atom. The number of amides is 4. The van der Waals surface area contributed by atoms with Crippen LogP contribution in [0.25, 0.3) is 6.08 Å². The number of halogens is 2. The molecule has 0 aromatic heterocycles. The van der Waals surface area contributed by atoms with Crippen molar-refractivity contribution in [1.29, 1.82) is 0 Å². The molecule has 7 nitrogen and oxygen atoms in total. The van der Waals surface area contributed by atoms with Crippen molar-refractivity contribution < 1.29 is 28.2 Å². The van der Waals surface area contributed by atoms with Gasteiger partial charge in [-0.2, -0.15) is 0 Å². The van der Waals surface area contributed by atoms with Crippen molar-refractivity contribution in [2.75, 3.05) is 11.5 Å². The fourth-order valence-electron chi connectivity index (χ4n) is 3.76. The highest BCUT2D eigenvalue weighted by Crippen LogP contribution is 2.36. The summed E-state index contributed by atoms with van der Waals surface area (Å²) < 4.78 is 26.3. The molecule has 1 fully saturated rings. The van der Waals surface area contributed by atoms with Crippen molar-refractivity contribution in [3.63, 3.8) is 0 Å². The maximum atomic E-state index is 14.0. The van der Waals surface area contributed by atoms with E-state index in [2.05, 4.69) is 27.9 Å². The van der Waals surface area contributed by atoms with Crippen molar-refractivity contribution >= 4 is 52.2 Å². The van der Waals surface area contributed by atoms with Gasteiger partial charge in [-0.15, -0.1) is 0 Å². The maximum Gasteiger partial charge on any atom is 0.335 e. The second-order valence-electron chi connectivity index (χ2n) is 8.37. The lowest BCUT2D eigenvalue weighted by molar-refractivity contribution is -0.122. The summed E-state index contributed by atoms with van der Waals surface area (Å²) in [6.45, 7) is 5.94. The molecule has 1 heterocycles. The van der Waals surface area contributed by atoms with Crippen LogP contribution in [-0.2, 0) is 16.2 Å². The normalized spacial score (nSPS) is 14.7. The zero-order valence-corrected chi connectivity index (χ0v) is 22.6. The lowest BCUT2D eigenvalue weighted by Crippen LogP contribution is -2.54. The Morgan fingerprint density at radius 2 is 1.76 bits per heavy atom. The molecule has 0 unspecified atom stereocenters. The van der Waals surface area contributed by atoms with Gasteiger partial charge >= 0.3 is 6.03 Å². The first kappa shape index (κ1) is 26.3. The number of carbonyl (C=O) groups is 3. The van der Waals surface area contributed by atoms with Crippen LogP contribution in [0.3, 0.4) is 0 Å². The van der Waals surface area contributed by atoms with Crippen LogP contribution < -0.4 is 19.7 Å². The van der Waals surface area contributed by atoms with Crippen molar-refractivity contribution in [2.45, 2.75) is 27.4 Å². The fourth-order valence-corrected chi connectivity index (χ4v) is 4.54. The van der Waals surface area contributed by atoms with E-state index < -0.39 is 17.8 Å². The first-order valence-corrected chi connectivity index (χ1v) is 12.6. The highest BCUT2D eigenvalue weighted by molar-refractivity contribution is 14.1. The fraction of sp³-hybridized carbons (Fsp3) is 0.179. The number of nitrogens with zero attached hydrogens (tertiary/aromatic N) is 1. The van der Waals surface area contributed by atoms with E-state index in [0.717, 1.165) is 16.0 Å². The molecule has 9 heteroatoms. The number of barbiturate groups is 1. The van der Waals surface area contributed by atoms with E-state index in [1.807, 2.05) is 26.8 Å². The van der Waals surface area contributed by atoms with Gasteiger partial charge in [0.2, 0.25) is 0 Å². The van der Waals surface area contributed by atoms with E-state index in [1.54, 1.807) is 42.5 Å². The molecule has 0 atom stereocenters. The van der Waals surface area contributed by atoms with Gasteiger partial charge in [0.1, 0.15) is 18.0 Å². The van der Waals surface area contributed by atoms with E-state index in [-0.39, 0.29) is 18.0 Å². The molecule has 4 rings (SSSR count). The average Bonchev–Trinajstić information content (AvgIpc) is 2.84. The average molecular weight is 614 g/mol. The number of anilines is 1. The van der Waals surface area contributed by atoms with E-state index in [4.69, 9.17) is 9.47 Å². The number of carbonyl (C=O) groups excluding carboxylic acids is 3. The lowest BCUT2D eigenvalue weighted by atomic mass is 10.0. The van der Waals surface area contributed by atoms with Gasteiger partial charge in [0, 0.05) is 5.56 Å². The molecule has 0 saturated carbocycles. The summed E-state index contributed by atoms with van der Waals surface area (Å²) in [5, 5.41) is 2.24. The van der Waals surface area contributed by atoms with Crippen LogP contribution in [-0.4, -0.2) is 24.5 Å². The Labute approximate surface area is 227 Å². The Bertz CT molecular complexity index is 1440. The lowest BCUT2D eigenvalue weighted by Gasteiger charge is -2.27. The minimum Gasteiger partial charge on any atom is -0.490 e. The summed E-state index contributed by atoms with van der Waals surface area (Å²) in [5.74, 6) is -1.10. The molecular weight excluding hydrogens is 590 g/mol. The number of hydrogen-bond donors (Lipinski definition) is 1. The number of aryl methyl sites for hydroxylation is 2. The molecule has 3 aromatic carbocycles. The Morgan fingerprint density at radius 3 is 2.46 bits per heavy atom. The monoisotopic (exact) mass is 614 g/mol. The minimum atomic E-state index is -0.808. The first-order valence-electron chi connectivity index (χ1n) is 11.5. The largest absolute Gasteiger partial charge is 0.490 e. The number of nitrogens with one attached hydrogen (secondary N) is 1.